The van der Waals surface area contributed by atoms with Crippen LogP contribution in [0.15, 0.2) is 27.4 Å². The van der Waals surface area contributed by atoms with E-state index in [1.54, 1.807) is 0 Å². The Morgan fingerprint density at radius 2 is 1.90 bits per heavy atom. The van der Waals surface area contributed by atoms with Crippen LogP contribution < -0.4 is 16.0 Å². The maximum Gasteiger partial charge on any atom is 0.204 e. The molecule has 0 spiro atoms. The number of phenolic OH excluding ortho intramolecular Hbond substituents is 1. The second-order valence-corrected chi connectivity index (χ2v) is 6.11. The third-order valence-electron chi connectivity index (χ3n) is 2.94. The van der Waals surface area contributed by atoms with Crippen LogP contribution in [0.2, 0.25) is 0 Å². The van der Waals surface area contributed by atoms with Gasteiger partial charge in [-0.25, -0.2) is 9.97 Å². The molecule has 21 heavy (non-hydrogen) atoms. The van der Waals surface area contributed by atoms with E-state index in [1.807, 2.05) is 12.1 Å². The van der Waals surface area contributed by atoms with Crippen LogP contribution in [0.5, 0.6) is 5.75 Å². The molecular formula is C12H11Br2N5O2. The van der Waals surface area contributed by atoms with Crippen molar-refractivity contribution in [3.05, 3.63) is 33.0 Å². The van der Waals surface area contributed by atoms with Gasteiger partial charge in [-0.1, -0.05) is 0 Å². The van der Waals surface area contributed by atoms with E-state index in [4.69, 9.17) is 0 Å². The molecule has 0 fully saturated rings. The first-order valence-electron chi connectivity index (χ1n) is 6.01. The van der Waals surface area contributed by atoms with E-state index in [-0.39, 0.29) is 5.75 Å². The number of hydrogen-bond acceptors (Lipinski definition) is 7. The van der Waals surface area contributed by atoms with Crippen molar-refractivity contribution in [1.29, 1.82) is 0 Å². The smallest absolute Gasteiger partial charge is 0.204 e. The number of anilines is 3. The van der Waals surface area contributed by atoms with E-state index >= 15 is 0 Å². The first-order chi connectivity index (χ1) is 10.0. The zero-order chi connectivity index (χ0) is 15.0. The van der Waals surface area contributed by atoms with E-state index in [0.717, 1.165) is 5.56 Å². The summed E-state index contributed by atoms with van der Waals surface area (Å²) in [5.41, 5.74) is 1.58. The Kier molecular flexibility index (Phi) is 3.87. The van der Waals surface area contributed by atoms with Crippen molar-refractivity contribution in [3.63, 3.8) is 0 Å². The molecule has 1 atom stereocenters. The van der Waals surface area contributed by atoms with Crippen LogP contribution in [-0.2, 0) is 6.54 Å². The minimum Gasteiger partial charge on any atom is -0.506 e. The minimum absolute atomic E-state index is 0.163. The van der Waals surface area contributed by atoms with Gasteiger partial charge in [0, 0.05) is 6.54 Å². The third kappa shape index (κ3) is 2.89. The number of benzene rings is 1. The summed E-state index contributed by atoms with van der Waals surface area (Å²) in [7, 11) is 0. The second-order valence-electron chi connectivity index (χ2n) is 4.40. The van der Waals surface area contributed by atoms with E-state index in [1.165, 1.54) is 6.33 Å². The molecule has 2 heterocycles. The van der Waals surface area contributed by atoms with Gasteiger partial charge in [-0.3, -0.25) is 0 Å². The van der Waals surface area contributed by atoms with Crippen molar-refractivity contribution in [2.45, 2.75) is 12.9 Å². The highest BCUT2D eigenvalue weighted by molar-refractivity contribution is 9.11. The van der Waals surface area contributed by atoms with Crippen LogP contribution in [0, 0.1) is 0 Å². The van der Waals surface area contributed by atoms with E-state index < -0.39 is 6.35 Å². The van der Waals surface area contributed by atoms with Crippen molar-refractivity contribution in [3.8, 4) is 5.75 Å². The third-order valence-corrected chi connectivity index (χ3v) is 4.15. The lowest BCUT2D eigenvalue weighted by atomic mass is 10.2. The largest absolute Gasteiger partial charge is 0.506 e. The molecule has 7 nitrogen and oxygen atoms in total. The Labute approximate surface area is 137 Å². The Balaban J connectivity index is 1.79. The van der Waals surface area contributed by atoms with Gasteiger partial charge < -0.3 is 26.2 Å². The van der Waals surface area contributed by atoms with Crippen LogP contribution in [0.3, 0.4) is 0 Å². The predicted octanol–water partition coefficient (Wildman–Crippen LogP) is 2.43. The van der Waals surface area contributed by atoms with Gasteiger partial charge in [0.15, 0.2) is 11.6 Å². The number of aromatic nitrogens is 2. The van der Waals surface area contributed by atoms with Gasteiger partial charge in [-0.2, -0.15) is 0 Å². The quantitative estimate of drug-likeness (QED) is 0.523. The molecule has 1 unspecified atom stereocenters. The monoisotopic (exact) mass is 415 g/mol. The molecule has 1 aliphatic rings. The first kappa shape index (κ1) is 14.4. The molecule has 1 aromatic heterocycles. The number of aromatic hydroxyl groups is 1. The molecule has 1 aliphatic heterocycles. The molecule has 0 saturated carbocycles. The number of aliphatic hydroxyl groups is 1. The highest BCUT2D eigenvalue weighted by Gasteiger charge is 2.22. The predicted molar refractivity (Wildman–Crippen MR) is 86.1 cm³/mol. The molecule has 2 aromatic rings. The Bertz CT molecular complexity index is 674. The van der Waals surface area contributed by atoms with Gasteiger partial charge in [0.2, 0.25) is 6.35 Å². The molecule has 1 aromatic carbocycles. The lowest BCUT2D eigenvalue weighted by Crippen LogP contribution is -2.20. The fourth-order valence-electron chi connectivity index (χ4n) is 1.97. The highest BCUT2D eigenvalue weighted by Crippen LogP contribution is 2.34. The second kappa shape index (κ2) is 5.66. The summed E-state index contributed by atoms with van der Waals surface area (Å²) in [6, 6.07) is 3.63. The number of rotatable bonds is 3. The van der Waals surface area contributed by atoms with E-state index in [0.29, 0.717) is 32.8 Å². The highest BCUT2D eigenvalue weighted by atomic mass is 79.9. The number of halogens is 2. The summed E-state index contributed by atoms with van der Waals surface area (Å²) in [6.45, 7) is 0.499. The lowest BCUT2D eigenvalue weighted by molar-refractivity contribution is 0.238. The standard InChI is InChI=1S/C12H11Br2N5O2/c13-6-1-5(2-7(14)9(6)20)3-15-10-8-11(17-4-16-10)19-12(21)18-8/h1-2,4,12,18,20-21H,3H2,(H2,15,16,17,19). The number of nitrogens with one attached hydrogen (secondary N) is 3. The van der Waals surface area contributed by atoms with Gasteiger partial charge >= 0.3 is 0 Å². The van der Waals surface area contributed by atoms with Gasteiger partial charge in [0.05, 0.1) is 8.95 Å². The zero-order valence-corrected chi connectivity index (χ0v) is 13.7. The normalized spacial score (nSPS) is 16.0. The number of nitrogens with zero attached hydrogens (tertiary/aromatic N) is 2. The van der Waals surface area contributed by atoms with Crippen molar-refractivity contribution in [1.82, 2.24) is 9.97 Å². The van der Waals surface area contributed by atoms with Crippen molar-refractivity contribution < 1.29 is 10.2 Å². The SMILES string of the molecule is Oc1c(Br)cc(CNc2ncnc3c2NC(O)N3)cc1Br. The molecule has 0 bridgehead atoms. The summed E-state index contributed by atoms with van der Waals surface area (Å²) in [6.07, 6.45) is 0.547. The number of fused-ring (bicyclic) bond motifs is 1. The Morgan fingerprint density at radius 3 is 2.62 bits per heavy atom. The van der Waals surface area contributed by atoms with E-state index in [2.05, 4.69) is 57.8 Å². The van der Waals surface area contributed by atoms with Crippen molar-refractivity contribution in [2.75, 3.05) is 16.0 Å². The Hall–Kier alpha value is -1.58. The van der Waals surface area contributed by atoms with Crippen LogP contribution in [-0.4, -0.2) is 26.5 Å². The van der Waals surface area contributed by atoms with Crippen LogP contribution in [0.25, 0.3) is 0 Å². The summed E-state index contributed by atoms with van der Waals surface area (Å²) < 4.78 is 1.22. The van der Waals surface area contributed by atoms with Gasteiger partial charge in [-0.15, -0.1) is 0 Å². The molecule has 110 valence electrons. The number of aliphatic hydroxyl groups excluding tert-OH is 1. The Morgan fingerprint density at radius 1 is 1.19 bits per heavy atom. The van der Waals surface area contributed by atoms with Gasteiger partial charge in [0.1, 0.15) is 17.8 Å². The van der Waals surface area contributed by atoms with Crippen molar-refractivity contribution in [2.24, 2.45) is 0 Å². The average molecular weight is 417 g/mol. The molecule has 0 amide bonds. The molecule has 0 radical (unpaired) electrons. The fraction of sp³-hybridized carbons (Fsp3) is 0.167. The molecule has 0 aliphatic carbocycles. The lowest BCUT2D eigenvalue weighted by Gasteiger charge is -2.10. The van der Waals surface area contributed by atoms with E-state index in [9.17, 15) is 10.2 Å². The maximum atomic E-state index is 9.69. The first-order valence-corrected chi connectivity index (χ1v) is 7.60. The molecule has 5 N–H and O–H groups in total. The summed E-state index contributed by atoms with van der Waals surface area (Å²) in [5.74, 6) is 1.30. The molecule has 0 saturated heterocycles. The van der Waals surface area contributed by atoms with Crippen LogP contribution in [0.4, 0.5) is 17.3 Å². The average Bonchev–Trinajstić information content (AvgIpc) is 2.83. The molecule has 9 heteroatoms. The van der Waals surface area contributed by atoms with Gasteiger partial charge in [0.25, 0.3) is 0 Å². The zero-order valence-electron chi connectivity index (χ0n) is 10.6. The van der Waals surface area contributed by atoms with Crippen LogP contribution >= 0.6 is 31.9 Å². The maximum absolute atomic E-state index is 9.69. The number of hydrogen-bond donors (Lipinski definition) is 5. The van der Waals surface area contributed by atoms with Crippen LogP contribution in [0.1, 0.15) is 5.56 Å². The fourth-order valence-corrected chi connectivity index (χ4v) is 3.26. The summed E-state index contributed by atoms with van der Waals surface area (Å²) in [4.78, 5) is 8.19. The summed E-state index contributed by atoms with van der Waals surface area (Å²) >= 11 is 6.58. The topological polar surface area (TPSA) is 102 Å². The van der Waals surface area contributed by atoms with Gasteiger partial charge in [-0.05, 0) is 49.6 Å². The summed E-state index contributed by atoms with van der Waals surface area (Å²) in [5, 5.41) is 28.0. The number of phenols is 1. The molecule has 3 rings (SSSR count). The minimum atomic E-state index is -0.866. The molecular weight excluding hydrogens is 406 g/mol. The van der Waals surface area contributed by atoms with Crippen molar-refractivity contribution >= 4 is 49.2 Å².